The lowest BCUT2D eigenvalue weighted by atomic mass is 9.82. The summed E-state index contributed by atoms with van der Waals surface area (Å²) in [6.45, 7) is 6.26. The number of ether oxygens (including phenoxy) is 1. The fourth-order valence-electron chi connectivity index (χ4n) is 4.36. The van der Waals surface area contributed by atoms with Crippen LogP contribution in [0.4, 0.5) is 0 Å². The minimum atomic E-state index is -0.0391. The highest BCUT2D eigenvalue weighted by Gasteiger charge is 2.41. The molecule has 0 bridgehead atoms. The molecule has 1 saturated heterocycles. The Kier molecular flexibility index (Phi) is 5.05. The van der Waals surface area contributed by atoms with Crippen molar-refractivity contribution < 1.29 is 4.74 Å². The Morgan fingerprint density at radius 3 is 2.86 bits per heavy atom. The maximum absolute atomic E-state index is 6.41. The van der Waals surface area contributed by atoms with E-state index in [1.807, 2.05) is 29.8 Å². The zero-order chi connectivity index (χ0) is 19.0. The summed E-state index contributed by atoms with van der Waals surface area (Å²) >= 11 is 3.78. The van der Waals surface area contributed by atoms with Crippen LogP contribution in [0.3, 0.4) is 0 Å². The standard InChI is InChI=1S/C22H25N3OS2/c1-2-17-12-19-20(27-17)5-11-26-22(19)6-9-25(10-7-22)15-18-14-24-21(28-18)16-4-3-8-23-13-16/h3-4,8,12-14H,2,5-7,9-11,15H2,1H3. The molecule has 3 aromatic heterocycles. The van der Waals surface area contributed by atoms with Crippen LogP contribution in [-0.2, 0) is 29.7 Å². The highest BCUT2D eigenvalue weighted by molar-refractivity contribution is 7.15. The second-order valence-electron chi connectivity index (χ2n) is 7.65. The van der Waals surface area contributed by atoms with Crippen LogP contribution in [0.1, 0.15) is 40.0 Å². The van der Waals surface area contributed by atoms with Crippen molar-refractivity contribution in [2.75, 3.05) is 19.7 Å². The molecule has 1 spiro atoms. The Balaban J connectivity index is 1.26. The number of thiophene rings is 1. The van der Waals surface area contributed by atoms with Gasteiger partial charge in [-0.25, -0.2) is 4.98 Å². The number of thiazole rings is 1. The first-order valence-electron chi connectivity index (χ1n) is 10.1. The van der Waals surface area contributed by atoms with E-state index < -0.39 is 0 Å². The summed E-state index contributed by atoms with van der Waals surface area (Å²) in [5.41, 5.74) is 2.56. The fourth-order valence-corrected chi connectivity index (χ4v) is 6.48. The molecule has 3 aromatic rings. The SMILES string of the molecule is CCc1cc2c(s1)CCOC21CCN(Cc2cnc(-c3cccnc3)s2)CC1. The van der Waals surface area contributed by atoms with E-state index in [2.05, 4.69) is 33.9 Å². The largest absolute Gasteiger partial charge is 0.370 e. The average Bonchev–Trinajstić information content (AvgIpc) is 3.38. The summed E-state index contributed by atoms with van der Waals surface area (Å²) in [5.74, 6) is 0. The first-order chi connectivity index (χ1) is 13.8. The Morgan fingerprint density at radius 1 is 1.18 bits per heavy atom. The normalized spacial score (nSPS) is 19.0. The molecule has 5 rings (SSSR count). The number of rotatable bonds is 4. The lowest BCUT2D eigenvalue weighted by Gasteiger charge is -2.44. The second kappa shape index (κ2) is 7.67. The summed E-state index contributed by atoms with van der Waals surface area (Å²) in [4.78, 5) is 15.8. The van der Waals surface area contributed by atoms with Crippen LogP contribution in [0.15, 0.2) is 36.8 Å². The molecule has 0 atom stereocenters. The molecule has 146 valence electrons. The molecule has 28 heavy (non-hydrogen) atoms. The molecule has 0 amide bonds. The molecule has 0 aromatic carbocycles. The number of aryl methyl sites for hydroxylation is 1. The highest BCUT2D eigenvalue weighted by atomic mass is 32.1. The summed E-state index contributed by atoms with van der Waals surface area (Å²) in [6, 6.07) is 6.47. The summed E-state index contributed by atoms with van der Waals surface area (Å²) in [6.07, 6.45) is 10.1. The number of nitrogens with zero attached hydrogens (tertiary/aromatic N) is 3. The van der Waals surface area contributed by atoms with Gasteiger partial charge in [0, 0.05) is 64.8 Å². The predicted octanol–water partition coefficient (Wildman–Crippen LogP) is 4.89. The van der Waals surface area contributed by atoms with Crippen molar-refractivity contribution in [1.82, 2.24) is 14.9 Å². The Labute approximate surface area is 174 Å². The van der Waals surface area contributed by atoms with Gasteiger partial charge in [0.2, 0.25) is 0 Å². The van der Waals surface area contributed by atoms with Crippen LogP contribution in [0, 0.1) is 0 Å². The number of pyridine rings is 1. The Hall–Kier alpha value is -1.60. The van der Waals surface area contributed by atoms with Crippen molar-refractivity contribution >= 4 is 22.7 Å². The van der Waals surface area contributed by atoms with Crippen molar-refractivity contribution in [3.8, 4) is 10.6 Å². The van der Waals surface area contributed by atoms with Gasteiger partial charge in [-0.2, -0.15) is 0 Å². The first-order valence-corrected chi connectivity index (χ1v) is 11.7. The number of hydrogen-bond acceptors (Lipinski definition) is 6. The molecule has 1 fully saturated rings. The lowest BCUT2D eigenvalue weighted by molar-refractivity contribution is -0.0980. The Bertz CT molecular complexity index is 942. The summed E-state index contributed by atoms with van der Waals surface area (Å²) < 4.78 is 6.41. The van der Waals surface area contributed by atoms with Crippen molar-refractivity contribution in [3.63, 3.8) is 0 Å². The number of piperidine rings is 1. The lowest BCUT2D eigenvalue weighted by Crippen LogP contribution is -2.45. The third kappa shape index (κ3) is 3.43. The molecule has 6 heteroatoms. The van der Waals surface area contributed by atoms with Crippen LogP contribution in [0.25, 0.3) is 10.6 Å². The van der Waals surface area contributed by atoms with Gasteiger partial charge in [0.1, 0.15) is 5.01 Å². The van der Waals surface area contributed by atoms with E-state index >= 15 is 0 Å². The van der Waals surface area contributed by atoms with Gasteiger partial charge in [0.05, 0.1) is 12.2 Å². The molecule has 5 heterocycles. The van der Waals surface area contributed by atoms with E-state index in [4.69, 9.17) is 4.74 Å². The van der Waals surface area contributed by atoms with Gasteiger partial charge in [-0.15, -0.1) is 22.7 Å². The smallest absolute Gasteiger partial charge is 0.125 e. The first kappa shape index (κ1) is 18.4. The van der Waals surface area contributed by atoms with Crippen molar-refractivity contribution in [1.29, 1.82) is 0 Å². The summed E-state index contributed by atoms with van der Waals surface area (Å²) in [7, 11) is 0. The molecular weight excluding hydrogens is 386 g/mol. The molecule has 0 N–H and O–H groups in total. The molecule has 0 radical (unpaired) electrons. The van der Waals surface area contributed by atoms with Crippen LogP contribution in [0.2, 0.25) is 0 Å². The van der Waals surface area contributed by atoms with Crippen molar-refractivity contribution in [2.45, 2.75) is 44.8 Å². The van der Waals surface area contributed by atoms with Gasteiger partial charge >= 0.3 is 0 Å². The summed E-state index contributed by atoms with van der Waals surface area (Å²) in [5, 5.41) is 1.06. The quantitative estimate of drug-likeness (QED) is 0.612. The number of likely N-dealkylation sites (tertiary alicyclic amines) is 1. The number of hydrogen-bond donors (Lipinski definition) is 0. The van der Waals surface area contributed by atoms with Crippen molar-refractivity contribution in [2.24, 2.45) is 0 Å². The van der Waals surface area contributed by atoms with Gasteiger partial charge in [-0.3, -0.25) is 9.88 Å². The van der Waals surface area contributed by atoms with Gasteiger partial charge in [0.25, 0.3) is 0 Å². The monoisotopic (exact) mass is 411 g/mol. The third-order valence-corrected chi connectivity index (χ3v) is 8.28. The van der Waals surface area contributed by atoms with Crippen LogP contribution < -0.4 is 0 Å². The van der Waals surface area contributed by atoms with Crippen molar-refractivity contribution in [3.05, 3.63) is 57.0 Å². The minimum absolute atomic E-state index is 0.0391. The molecule has 0 saturated carbocycles. The van der Waals surface area contributed by atoms with E-state index in [9.17, 15) is 0 Å². The Morgan fingerprint density at radius 2 is 2.07 bits per heavy atom. The molecular formula is C22H25N3OS2. The molecule has 2 aliphatic rings. The van der Waals surface area contributed by atoms with E-state index in [1.54, 1.807) is 22.4 Å². The minimum Gasteiger partial charge on any atom is -0.370 e. The zero-order valence-electron chi connectivity index (χ0n) is 16.2. The van der Waals surface area contributed by atoms with E-state index in [0.29, 0.717) is 0 Å². The topological polar surface area (TPSA) is 38.2 Å². The third-order valence-electron chi connectivity index (χ3n) is 5.91. The van der Waals surface area contributed by atoms with Crippen LogP contribution in [-0.4, -0.2) is 34.6 Å². The zero-order valence-corrected chi connectivity index (χ0v) is 17.8. The molecule has 0 aliphatic carbocycles. The molecule has 2 aliphatic heterocycles. The average molecular weight is 412 g/mol. The van der Waals surface area contributed by atoms with Gasteiger partial charge in [0.15, 0.2) is 0 Å². The van der Waals surface area contributed by atoms with Gasteiger partial charge in [-0.05, 0) is 43.0 Å². The predicted molar refractivity (Wildman–Crippen MR) is 115 cm³/mol. The molecule has 4 nitrogen and oxygen atoms in total. The second-order valence-corrected chi connectivity index (χ2v) is 9.98. The van der Waals surface area contributed by atoms with Crippen LogP contribution in [0.5, 0.6) is 0 Å². The number of aromatic nitrogens is 2. The van der Waals surface area contributed by atoms with E-state index in [-0.39, 0.29) is 5.60 Å². The maximum atomic E-state index is 6.41. The number of fused-ring (bicyclic) bond motifs is 2. The van der Waals surface area contributed by atoms with Gasteiger partial charge in [-0.1, -0.05) is 6.92 Å². The highest BCUT2D eigenvalue weighted by Crippen LogP contribution is 2.45. The fraction of sp³-hybridized carbons (Fsp3) is 0.455. The molecule has 0 unspecified atom stereocenters. The van der Waals surface area contributed by atoms with Crippen LogP contribution >= 0.6 is 22.7 Å². The van der Waals surface area contributed by atoms with E-state index in [1.165, 1.54) is 15.3 Å². The van der Waals surface area contributed by atoms with Gasteiger partial charge < -0.3 is 4.74 Å². The maximum Gasteiger partial charge on any atom is 0.125 e. The van der Waals surface area contributed by atoms with E-state index in [0.717, 1.165) is 62.5 Å².